The first-order chi connectivity index (χ1) is 7.10. The van der Waals surface area contributed by atoms with Crippen molar-refractivity contribution >= 4 is 11.7 Å². The van der Waals surface area contributed by atoms with Crippen molar-refractivity contribution in [2.75, 3.05) is 19.4 Å². The molecule has 1 rings (SSSR count). The van der Waals surface area contributed by atoms with Crippen molar-refractivity contribution < 1.29 is 9.53 Å². The van der Waals surface area contributed by atoms with Crippen molar-refractivity contribution in [2.45, 2.75) is 13.3 Å². The molecule has 0 spiro atoms. The average molecular weight is 210 g/mol. The highest BCUT2D eigenvalue weighted by atomic mass is 16.5. The third-order valence-electron chi connectivity index (χ3n) is 1.65. The van der Waals surface area contributed by atoms with Crippen LogP contribution in [-0.2, 0) is 9.53 Å². The second-order valence-corrected chi connectivity index (χ2v) is 3.03. The van der Waals surface area contributed by atoms with Crippen LogP contribution in [0.5, 0.6) is 0 Å². The van der Waals surface area contributed by atoms with E-state index in [2.05, 4.69) is 4.74 Å². The maximum Gasteiger partial charge on any atom is 0.306 e. The molecule has 0 aliphatic rings. The highest BCUT2D eigenvalue weighted by Crippen LogP contribution is 2.02. The Hall–Kier alpha value is -1.55. The Bertz CT molecular complexity index is 262. The van der Waals surface area contributed by atoms with Crippen LogP contribution < -0.4 is 11.5 Å². The summed E-state index contributed by atoms with van der Waals surface area (Å²) < 4.78 is 4.27. The number of anilines is 1. The Labute approximate surface area is 90.2 Å². The van der Waals surface area contributed by atoms with Gasteiger partial charge in [0.2, 0.25) is 0 Å². The van der Waals surface area contributed by atoms with E-state index in [-0.39, 0.29) is 5.97 Å². The Kier molecular flexibility index (Phi) is 7.01. The minimum absolute atomic E-state index is 0.248. The lowest BCUT2D eigenvalue weighted by atomic mass is 10.2. The number of hydrogen-bond acceptors (Lipinski definition) is 4. The van der Waals surface area contributed by atoms with Gasteiger partial charge in [-0.3, -0.25) is 4.79 Å². The molecule has 0 amide bonds. The molecule has 15 heavy (non-hydrogen) atoms. The summed E-state index contributed by atoms with van der Waals surface area (Å²) in [4.78, 5) is 10.1. The molecule has 0 aliphatic carbocycles. The fourth-order valence-corrected chi connectivity index (χ4v) is 0.786. The number of ether oxygens (including phenoxy) is 1. The van der Waals surface area contributed by atoms with Gasteiger partial charge < -0.3 is 16.2 Å². The van der Waals surface area contributed by atoms with Crippen LogP contribution in [0.25, 0.3) is 0 Å². The molecule has 4 heteroatoms. The summed E-state index contributed by atoms with van der Waals surface area (Å²) in [5.41, 5.74) is 12.5. The number of esters is 1. The van der Waals surface area contributed by atoms with Crippen molar-refractivity contribution in [3.63, 3.8) is 0 Å². The van der Waals surface area contributed by atoms with Gasteiger partial charge in [0.1, 0.15) is 0 Å². The molecule has 0 aromatic heterocycles. The van der Waals surface area contributed by atoms with Gasteiger partial charge in [0.15, 0.2) is 0 Å². The molecule has 0 bridgehead atoms. The Morgan fingerprint density at radius 2 is 1.87 bits per heavy atom. The van der Waals surface area contributed by atoms with Crippen LogP contribution in [-0.4, -0.2) is 19.6 Å². The Morgan fingerprint density at radius 1 is 1.33 bits per heavy atom. The molecular weight excluding hydrogens is 192 g/mol. The van der Waals surface area contributed by atoms with E-state index in [1.807, 2.05) is 31.2 Å². The van der Waals surface area contributed by atoms with Crippen molar-refractivity contribution in [3.05, 3.63) is 29.8 Å². The highest BCUT2D eigenvalue weighted by Gasteiger charge is 1.92. The number of hydrogen-bond donors (Lipinski definition) is 2. The van der Waals surface area contributed by atoms with Gasteiger partial charge in [-0.15, -0.1) is 0 Å². The van der Waals surface area contributed by atoms with Gasteiger partial charge in [-0.25, -0.2) is 0 Å². The molecular formula is C11H18N2O2. The third-order valence-corrected chi connectivity index (χ3v) is 1.65. The molecule has 1 aromatic carbocycles. The second-order valence-electron chi connectivity index (χ2n) is 3.03. The number of carbonyl (C=O) groups is 1. The zero-order valence-electron chi connectivity index (χ0n) is 9.19. The van der Waals surface area contributed by atoms with E-state index in [1.54, 1.807) is 0 Å². The van der Waals surface area contributed by atoms with Crippen molar-refractivity contribution in [1.82, 2.24) is 0 Å². The number of nitrogens with two attached hydrogens (primary N) is 2. The number of carbonyl (C=O) groups excluding carboxylic acids is 1. The first kappa shape index (κ1) is 13.4. The maximum absolute atomic E-state index is 10.1. The third kappa shape index (κ3) is 7.52. The lowest BCUT2D eigenvalue weighted by Gasteiger charge is -1.91. The topological polar surface area (TPSA) is 78.3 Å². The van der Waals surface area contributed by atoms with E-state index < -0.39 is 0 Å². The summed E-state index contributed by atoms with van der Waals surface area (Å²) in [6, 6.07) is 7.79. The molecule has 0 aliphatic heterocycles. The summed E-state index contributed by atoms with van der Waals surface area (Å²) in [7, 11) is 1.35. The molecule has 0 radical (unpaired) electrons. The second kappa shape index (κ2) is 7.82. The van der Waals surface area contributed by atoms with Crippen LogP contribution in [0.15, 0.2) is 24.3 Å². The number of methoxy groups -OCH3 is 1. The fourth-order valence-electron chi connectivity index (χ4n) is 0.786. The summed E-state index contributed by atoms with van der Waals surface area (Å²) in [6.07, 6.45) is 0.316. The smallest absolute Gasteiger partial charge is 0.306 e. The quantitative estimate of drug-likeness (QED) is 0.565. The van der Waals surface area contributed by atoms with Gasteiger partial charge in [-0.05, 0) is 19.1 Å². The molecule has 1 aromatic rings. The van der Waals surface area contributed by atoms with Gasteiger partial charge in [-0.1, -0.05) is 17.7 Å². The molecule has 0 saturated carbocycles. The van der Waals surface area contributed by atoms with Gasteiger partial charge in [0.25, 0.3) is 0 Å². The minimum atomic E-state index is -0.248. The monoisotopic (exact) mass is 210 g/mol. The van der Waals surface area contributed by atoms with E-state index in [9.17, 15) is 4.79 Å². The number of aryl methyl sites for hydroxylation is 1. The normalized spacial score (nSPS) is 8.73. The fraction of sp³-hybridized carbons (Fsp3) is 0.364. The van der Waals surface area contributed by atoms with Crippen molar-refractivity contribution in [1.29, 1.82) is 0 Å². The Balaban J connectivity index is 0.000000265. The number of nitrogen functional groups attached to an aromatic ring is 1. The molecule has 0 unspecified atom stereocenters. The predicted molar refractivity (Wildman–Crippen MR) is 61.3 cm³/mol. The van der Waals surface area contributed by atoms with E-state index >= 15 is 0 Å². The van der Waals surface area contributed by atoms with Crippen LogP contribution in [0.2, 0.25) is 0 Å². The van der Waals surface area contributed by atoms with E-state index in [0.29, 0.717) is 13.0 Å². The van der Waals surface area contributed by atoms with Crippen molar-refractivity contribution in [3.8, 4) is 0 Å². The number of benzene rings is 1. The van der Waals surface area contributed by atoms with Gasteiger partial charge in [-0.2, -0.15) is 0 Å². The molecule has 84 valence electrons. The Morgan fingerprint density at radius 3 is 2.13 bits per heavy atom. The van der Waals surface area contributed by atoms with Crippen molar-refractivity contribution in [2.24, 2.45) is 5.73 Å². The molecule has 4 nitrogen and oxygen atoms in total. The highest BCUT2D eigenvalue weighted by molar-refractivity contribution is 5.69. The molecule has 0 fully saturated rings. The predicted octanol–water partition coefficient (Wildman–Crippen LogP) is 1.09. The van der Waals surface area contributed by atoms with E-state index in [1.165, 1.54) is 12.7 Å². The summed E-state index contributed by atoms with van der Waals surface area (Å²) in [6.45, 7) is 2.41. The zero-order valence-corrected chi connectivity index (χ0v) is 9.19. The number of rotatable bonds is 2. The van der Waals surface area contributed by atoms with Gasteiger partial charge in [0.05, 0.1) is 13.5 Å². The first-order valence-electron chi connectivity index (χ1n) is 4.69. The SMILES string of the molecule is COC(=O)CCN.Cc1ccc(N)cc1. The van der Waals surface area contributed by atoms with Crippen LogP contribution in [0.3, 0.4) is 0 Å². The summed E-state index contributed by atoms with van der Waals surface area (Å²) in [5.74, 6) is -0.248. The van der Waals surface area contributed by atoms with E-state index in [0.717, 1.165) is 5.69 Å². The first-order valence-corrected chi connectivity index (χ1v) is 4.69. The molecule has 4 N–H and O–H groups in total. The van der Waals surface area contributed by atoms with Gasteiger partial charge >= 0.3 is 5.97 Å². The average Bonchev–Trinajstić information content (AvgIpc) is 2.24. The van der Waals surface area contributed by atoms with E-state index in [4.69, 9.17) is 11.5 Å². The lowest BCUT2D eigenvalue weighted by molar-refractivity contribution is -0.140. The minimum Gasteiger partial charge on any atom is -0.469 e. The maximum atomic E-state index is 10.1. The zero-order chi connectivity index (χ0) is 11.7. The van der Waals surface area contributed by atoms with Crippen LogP contribution >= 0.6 is 0 Å². The lowest BCUT2D eigenvalue weighted by Crippen LogP contribution is -2.08. The standard InChI is InChI=1S/C7H9N.C4H9NO2/c1-6-2-4-7(8)5-3-6;1-7-4(6)2-3-5/h2-5H,8H2,1H3;2-3,5H2,1H3. The summed E-state index contributed by atoms with van der Waals surface area (Å²) >= 11 is 0. The van der Waals surface area contributed by atoms with Crippen LogP contribution in [0, 0.1) is 6.92 Å². The molecule has 0 atom stereocenters. The molecule has 0 saturated heterocycles. The van der Waals surface area contributed by atoms with Gasteiger partial charge in [0, 0.05) is 12.2 Å². The van der Waals surface area contributed by atoms with Crippen LogP contribution in [0.4, 0.5) is 5.69 Å². The molecule has 0 heterocycles. The largest absolute Gasteiger partial charge is 0.469 e. The summed E-state index contributed by atoms with van der Waals surface area (Å²) in [5, 5.41) is 0. The van der Waals surface area contributed by atoms with Crippen LogP contribution in [0.1, 0.15) is 12.0 Å².